The molecule has 416 valence electrons. The molecule has 0 aliphatic carbocycles. The Morgan fingerprint density at radius 1 is 0.366 bits per heavy atom. The average Bonchev–Trinajstić information content (AvgIpc) is 3.34. The largest absolute Gasteiger partial charge is 0.465 e. The van der Waals surface area contributed by atoms with Crippen LogP contribution >= 0.6 is 0 Å². The molecule has 11 heteroatoms. The summed E-state index contributed by atoms with van der Waals surface area (Å²) in [5.74, 6) is -1.26. The Morgan fingerprint density at radius 3 is 0.944 bits per heavy atom. The fraction of sp³-hybridized carbons (Fsp3) is 0.917. The Morgan fingerprint density at radius 2 is 0.634 bits per heavy atom. The molecule has 0 radical (unpaired) electrons. The molecule has 0 aromatic rings. The van der Waals surface area contributed by atoms with E-state index in [-0.39, 0.29) is 75.6 Å². The number of hydrogen-bond acceptors (Lipinski definition) is 11. The molecule has 11 nitrogen and oxygen atoms in total. The molecule has 1 aliphatic rings. The van der Waals surface area contributed by atoms with E-state index in [9.17, 15) is 24.0 Å². The van der Waals surface area contributed by atoms with Crippen LogP contribution in [-0.2, 0) is 47.7 Å². The lowest BCUT2D eigenvalue weighted by molar-refractivity contribution is -0.155. The first-order valence-corrected chi connectivity index (χ1v) is 30.2. The zero-order valence-corrected chi connectivity index (χ0v) is 46.9. The molecule has 1 saturated heterocycles. The van der Waals surface area contributed by atoms with Gasteiger partial charge in [0.1, 0.15) is 32.0 Å². The van der Waals surface area contributed by atoms with E-state index in [1.165, 1.54) is 128 Å². The fourth-order valence-corrected chi connectivity index (χ4v) is 9.49. The van der Waals surface area contributed by atoms with E-state index in [1.807, 2.05) is 0 Å². The zero-order valence-electron chi connectivity index (χ0n) is 46.9. The molecule has 0 spiro atoms. The maximum absolute atomic E-state index is 12.9. The predicted molar refractivity (Wildman–Crippen MR) is 289 cm³/mol. The zero-order chi connectivity index (χ0) is 51.8. The molecule has 0 amide bonds. The lowest BCUT2D eigenvalue weighted by Crippen LogP contribution is -2.45. The highest BCUT2D eigenvalue weighted by Crippen LogP contribution is 2.21. The van der Waals surface area contributed by atoms with Crippen LogP contribution in [-0.4, -0.2) is 86.4 Å². The van der Waals surface area contributed by atoms with Crippen LogP contribution in [0.15, 0.2) is 0 Å². The van der Waals surface area contributed by atoms with Crippen molar-refractivity contribution in [2.45, 2.75) is 304 Å². The van der Waals surface area contributed by atoms with Crippen LogP contribution in [0.4, 0.5) is 0 Å². The van der Waals surface area contributed by atoms with Gasteiger partial charge in [0, 0.05) is 45.2 Å². The summed E-state index contributed by atoms with van der Waals surface area (Å²) in [4.78, 5) is 66.7. The van der Waals surface area contributed by atoms with Crippen molar-refractivity contribution < 1.29 is 47.7 Å². The normalized spacial score (nSPS) is 13.0. The molecule has 0 saturated carbocycles. The molecular formula is C60H111NO10. The summed E-state index contributed by atoms with van der Waals surface area (Å²) in [6, 6.07) is 0. The number of esters is 5. The third-order valence-electron chi connectivity index (χ3n) is 14.1. The van der Waals surface area contributed by atoms with Gasteiger partial charge in [-0.15, -0.1) is 0 Å². The van der Waals surface area contributed by atoms with Crippen molar-refractivity contribution in [1.82, 2.24) is 4.90 Å². The van der Waals surface area contributed by atoms with Gasteiger partial charge in [-0.2, -0.15) is 0 Å². The average molecular weight is 1010 g/mol. The minimum absolute atomic E-state index is 0.0277. The highest BCUT2D eigenvalue weighted by atomic mass is 16.6. The Kier molecular flexibility index (Phi) is 45.1. The topological polar surface area (TPSA) is 135 Å². The van der Waals surface area contributed by atoms with Gasteiger partial charge in [0.05, 0.1) is 5.92 Å². The van der Waals surface area contributed by atoms with Crippen molar-refractivity contribution >= 4 is 29.8 Å². The maximum Gasteiger partial charge on any atom is 0.306 e. The van der Waals surface area contributed by atoms with Crippen LogP contribution in [0.25, 0.3) is 0 Å². The molecular weight excluding hydrogens is 895 g/mol. The molecule has 1 fully saturated rings. The van der Waals surface area contributed by atoms with Crippen molar-refractivity contribution in [1.29, 1.82) is 0 Å². The lowest BCUT2D eigenvalue weighted by atomic mass is 10.0. The highest BCUT2D eigenvalue weighted by Gasteiger charge is 2.22. The van der Waals surface area contributed by atoms with Crippen LogP contribution in [0.1, 0.15) is 291 Å². The monoisotopic (exact) mass is 1010 g/mol. The van der Waals surface area contributed by atoms with Crippen LogP contribution in [0.5, 0.6) is 0 Å². The Labute approximate surface area is 435 Å². The quantitative estimate of drug-likeness (QED) is 0.0327. The summed E-state index contributed by atoms with van der Waals surface area (Å²) in [6.07, 6.45) is 38.6. The number of rotatable bonds is 52. The van der Waals surface area contributed by atoms with Gasteiger partial charge in [0.25, 0.3) is 0 Å². The third kappa shape index (κ3) is 42.4. The smallest absolute Gasteiger partial charge is 0.306 e. The first-order chi connectivity index (χ1) is 34.6. The van der Waals surface area contributed by atoms with E-state index >= 15 is 0 Å². The van der Waals surface area contributed by atoms with Crippen molar-refractivity contribution in [3.8, 4) is 0 Å². The summed E-state index contributed by atoms with van der Waals surface area (Å²) in [6.45, 7) is 14.4. The third-order valence-corrected chi connectivity index (χ3v) is 14.1. The SMILES string of the molecule is CCCCCCCCC(CCCCCCCC)OC(=O)CCCCC(=O)OCC(COC(=O)CCCCCN1CC(C)C1)COC(=O)CCCCC(=O)OC(CCCCCCCC)CCCCCCCC. The lowest BCUT2D eigenvalue weighted by Gasteiger charge is -2.37. The molecule has 71 heavy (non-hydrogen) atoms. The maximum atomic E-state index is 12.9. The molecule has 1 rings (SSSR count). The summed E-state index contributed by atoms with van der Waals surface area (Å²) >= 11 is 0. The number of carbonyl (C=O) groups excluding carboxylic acids is 5. The number of nitrogens with zero attached hydrogens (tertiary/aromatic N) is 1. The van der Waals surface area contributed by atoms with Crippen molar-refractivity contribution in [3.63, 3.8) is 0 Å². The summed E-state index contributed by atoms with van der Waals surface area (Å²) in [7, 11) is 0. The van der Waals surface area contributed by atoms with Crippen LogP contribution in [0.2, 0.25) is 0 Å². The van der Waals surface area contributed by atoms with Gasteiger partial charge in [0.2, 0.25) is 0 Å². The van der Waals surface area contributed by atoms with Gasteiger partial charge < -0.3 is 28.6 Å². The van der Waals surface area contributed by atoms with Gasteiger partial charge in [-0.05, 0) is 102 Å². The van der Waals surface area contributed by atoms with E-state index in [0.29, 0.717) is 32.1 Å². The van der Waals surface area contributed by atoms with Gasteiger partial charge >= 0.3 is 29.8 Å². The number of hydrogen-bond donors (Lipinski definition) is 0. The van der Waals surface area contributed by atoms with Crippen molar-refractivity contribution in [3.05, 3.63) is 0 Å². The van der Waals surface area contributed by atoms with Crippen molar-refractivity contribution in [2.75, 3.05) is 39.5 Å². The molecule has 0 atom stereocenters. The Balaban J connectivity index is 2.59. The summed E-state index contributed by atoms with van der Waals surface area (Å²) in [5.41, 5.74) is 0. The summed E-state index contributed by atoms with van der Waals surface area (Å²) in [5, 5.41) is 0. The first kappa shape index (κ1) is 66.3. The van der Waals surface area contributed by atoms with E-state index in [2.05, 4.69) is 39.5 Å². The standard InChI is InChI=1S/C60H111NO10/c1-6-10-14-18-22-27-37-54(38-28-23-19-15-11-7-2)70-59(65)44-34-32-42-57(63)68-50-53(49-67-56(62)41-31-26-36-46-61-47-52(5)48-61)51-69-58(64)43-33-35-45-60(66)71-55(39-29-24-20-16-12-8-3)40-30-25-21-17-13-9-4/h52-55H,6-51H2,1-5H3. The molecule has 0 N–H and O–H groups in total. The highest BCUT2D eigenvalue weighted by molar-refractivity contribution is 5.71. The van der Waals surface area contributed by atoms with Crippen LogP contribution in [0, 0.1) is 11.8 Å². The number of likely N-dealkylation sites (tertiary alicyclic amines) is 1. The molecule has 0 unspecified atom stereocenters. The molecule has 1 aliphatic heterocycles. The van der Waals surface area contributed by atoms with Gasteiger partial charge in [-0.1, -0.05) is 169 Å². The first-order valence-electron chi connectivity index (χ1n) is 30.2. The molecule has 1 heterocycles. The summed E-state index contributed by atoms with van der Waals surface area (Å²) < 4.78 is 28.8. The number of ether oxygens (including phenoxy) is 5. The molecule has 0 bridgehead atoms. The van der Waals surface area contributed by atoms with Crippen LogP contribution < -0.4 is 0 Å². The molecule has 0 aromatic heterocycles. The van der Waals surface area contributed by atoms with Crippen molar-refractivity contribution in [2.24, 2.45) is 11.8 Å². The van der Waals surface area contributed by atoms with E-state index < -0.39 is 17.9 Å². The van der Waals surface area contributed by atoms with Gasteiger partial charge in [-0.3, -0.25) is 24.0 Å². The number of carbonyl (C=O) groups is 5. The van der Waals surface area contributed by atoms with Crippen LogP contribution in [0.3, 0.4) is 0 Å². The minimum Gasteiger partial charge on any atom is -0.465 e. The predicted octanol–water partition coefficient (Wildman–Crippen LogP) is 15.7. The molecule has 0 aromatic carbocycles. The fourth-order valence-electron chi connectivity index (χ4n) is 9.49. The number of unbranched alkanes of at least 4 members (excludes halogenated alkanes) is 24. The van der Waals surface area contributed by atoms with Gasteiger partial charge in [0.15, 0.2) is 0 Å². The second kappa shape index (κ2) is 48.3. The van der Waals surface area contributed by atoms with E-state index in [1.54, 1.807) is 0 Å². The Bertz CT molecular complexity index is 1180. The second-order valence-electron chi connectivity index (χ2n) is 21.5. The minimum atomic E-state index is -0.518. The van der Waals surface area contributed by atoms with E-state index in [4.69, 9.17) is 23.7 Å². The second-order valence-corrected chi connectivity index (χ2v) is 21.5. The van der Waals surface area contributed by atoms with E-state index in [0.717, 1.165) is 96.2 Å². The Hall–Kier alpha value is -2.69. The van der Waals surface area contributed by atoms with Gasteiger partial charge in [-0.25, -0.2) is 0 Å².